The molecule has 1 unspecified atom stereocenters. The molecular formula is C21H20N4O. The molecule has 1 aliphatic carbocycles. The number of carbonyl (C=O) groups is 1. The second-order valence-electron chi connectivity index (χ2n) is 7.32. The summed E-state index contributed by atoms with van der Waals surface area (Å²) >= 11 is 0. The minimum absolute atomic E-state index is 0.0750. The number of nitrogens with zero attached hydrogens (tertiary/aromatic N) is 4. The lowest BCUT2D eigenvalue weighted by molar-refractivity contribution is 0.0758. The summed E-state index contributed by atoms with van der Waals surface area (Å²) in [5.41, 5.74) is 5.20. The Morgan fingerprint density at radius 1 is 1.15 bits per heavy atom. The van der Waals surface area contributed by atoms with Crippen LogP contribution in [0.15, 0.2) is 55.0 Å². The molecule has 1 amide bonds. The molecule has 0 N–H and O–H groups in total. The average Bonchev–Trinajstić information content (AvgIpc) is 3.13. The Morgan fingerprint density at radius 2 is 2.04 bits per heavy atom. The maximum Gasteiger partial charge on any atom is 0.254 e. The smallest absolute Gasteiger partial charge is 0.254 e. The molecule has 1 fully saturated rings. The third-order valence-corrected chi connectivity index (χ3v) is 5.66. The fourth-order valence-corrected chi connectivity index (χ4v) is 4.27. The summed E-state index contributed by atoms with van der Waals surface area (Å²) in [7, 11) is 1.91. The van der Waals surface area contributed by atoms with Crippen molar-refractivity contribution in [1.82, 2.24) is 19.7 Å². The molecular weight excluding hydrogens is 324 g/mol. The van der Waals surface area contributed by atoms with Crippen molar-refractivity contribution in [3.05, 3.63) is 77.4 Å². The SMILES string of the molecule is Cc1ccc([C@@H]2C[C@H]2C2c3c(cccc3-n3cccn3)C(=O)N2C)nc1. The highest BCUT2D eigenvalue weighted by Gasteiger charge is 2.52. The molecule has 2 aliphatic rings. The normalized spacial score (nSPS) is 24.0. The van der Waals surface area contributed by atoms with Gasteiger partial charge >= 0.3 is 0 Å². The summed E-state index contributed by atoms with van der Waals surface area (Å²) < 4.78 is 1.86. The van der Waals surface area contributed by atoms with E-state index in [1.54, 1.807) is 6.20 Å². The van der Waals surface area contributed by atoms with Gasteiger partial charge in [0.15, 0.2) is 0 Å². The molecule has 1 aromatic carbocycles. The molecule has 0 bridgehead atoms. The number of rotatable bonds is 3. The lowest BCUT2D eigenvalue weighted by Crippen LogP contribution is -2.25. The Hall–Kier alpha value is -2.95. The Labute approximate surface area is 152 Å². The van der Waals surface area contributed by atoms with E-state index in [0.717, 1.165) is 28.9 Å². The molecule has 1 saturated carbocycles. The van der Waals surface area contributed by atoms with Gasteiger partial charge in [0.1, 0.15) is 0 Å². The topological polar surface area (TPSA) is 51.0 Å². The Morgan fingerprint density at radius 3 is 2.77 bits per heavy atom. The van der Waals surface area contributed by atoms with Crippen LogP contribution in [0.4, 0.5) is 0 Å². The van der Waals surface area contributed by atoms with Gasteiger partial charge in [-0.3, -0.25) is 9.78 Å². The van der Waals surface area contributed by atoms with Crippen molar-refractivity contribution in [2.75, 3.05) is 7.05 Å². The van der Waals surface area contributed by atoms with Gasteiger partial charge in [-0.05, 0) is 49.1 Å². The fraction of sp³-hybridized carbons (Fsp3) is 0.286. The van der Waals surface area contributed by atoms with Gasteiger partial charge in [-0.25, -0.2) is 4.68 Å². The van der Waals surface area contributed by atoms with Crippen molar-refractivity contribution in [3.63, 3.8) is 0 Å². The van der Waals surface area contributed by atoms with Crippen LogP contribution in [0.25, 0.3) is 5.69 Å². The Kier molecular flexibility index (Phi) is 3.26. The molecule has 0 spiro atoms. The van der Waals surface area contributed by atoms with E-state index in [4.69, 9.17) is 0 Å². The zero-order valence-corrected chi connectivity index (χ0v) is 14.8. The number of aryl methyl sites for hydroxylation is 1. The predicted molar refractivity (Wildman–Crippen MR) is 98.2 cm³/mol. The van der Waals surface area contributed by atoms with E-state index in [1.165, 1.54) is 5.56 Å². The summed E-state index contributed by atoms with van der Waals surface area (Å²) in [6.07, 6.45) is 6.69. The zero-order valence-electron chi connectivity index (χ0n) is 14.8. The standard InChI is InChI=1S/C21H20N4O/c1-13-7-8-17(22-12-13)15-11-16(15)20-19-14(21(26)24(20)2)5-3-6-18(19)25-10-4-9-23-25/h3-10,12,15-16,20H,11H2,1-2H3/t15-,16-,20?/m1/s1. The molecule has 0 radical (unpaired) electrons. The number of benzene rings is 1. The summed E-state index contributed by atoms with van der Waals surface area (Å²) in [6, 6.07) is 12.1. The monoisotopic (exact) mass is 344 g/mol. The summed E-state index contributed by atoms with van der Waals surface area (Å²) in [5.74, 6) is 0.908. The van der Waals surface area contributed by atoms with Crippen LogP contribution in [0.5, 0.6) is 0 Å². The number of aromatic nitrogens is 3. The van der Waals surface area contributed by atoms with Gasteiger partial charge < -0.3 is 4.90 Å². The van der Waals surface area contributed by atoms with Crippen molar-refractivity contribution < 1.29 is 4.79 Å². The molecule has 26 heavy (non-hydrogen) atoms. The van der Waals surface area contributed by atoms with Crippen molar-refractivity contribution in [2.24, 2.45) is 5.92 Å². The fourth-order valence-electron chi connectivity index (χ4n) is 4.27. The van der Waals surface area contributed by atoms with E-state index < -0.39 is 0 Å². The zero-order chi connectivity index (χ0) is 17.8. The summed E-state index contributed by atoms with van der Waals surface area (Å²) in [6.45, 7) is 2.05. The van der Waals surface area contributed by atoms with Crippen molar-refractivity contribution >= 4 is 5.91 Å². The summed E-state index contributed by atoms with van der Waals surface area (Å²) in [4.78, 5) is 19.3. The lowest BCUT2D eigenvalue weighted by atomic mass is 9.97. The first kappa shape index (κ1) is 15.3. The van der Waals surface area contributed by atoms with Gasteiger partial charge in [-0.2, -0.15) is 5.10 Å². The highest BCUT2D eigenvalue weighted by Crippen LogP contribution is 2.58. The maximum absolute atomic E-state index is 12.8. The lowest BCUT2D eigenvalue weighted by Gasteiger charge is -2.22. The van der Waals surface area contributed by atoms with E-state index in [-0.39, 0.29) is 11.9 Å². The van der Waals surface area contributed by atoms with E-state index in [1.807, 2.05) is 53.3 Å². The maximum atomic E-state index is 12.8. The molecule has 2 aromatic heterocycles. The highest BCUT2D eigenvalue weighted by molar-refractivity contribution is 6.00. The van der Waals surface area contributed by atoms with Gasteiger partial charge in [0.05, 0.1) is 11.7 Å². The van der Waals surface area contributed by atoms with Crippen molar-refractivity contribution in [1.29, 1.82) is 0 Å². The molecule has 5 nitrogen and oxygen atoms in total. The summed E-state index contributed by atoms with van der Waals surface area (Å²) in [5, 5.41) is 4.39. The molecule has 3 aromatic rings. The minimum Gasteiger partial charge on any atom is -0.334 e. The Bertz CT molecular complexity index is 978. The van der Waals surface area contributed by atoms with E-state index in [0.29, 0.717) is 11.8 Å². The van der Waals surface area contributed by atoms with Crippen LogP contribution in [0, 0.1) is 12.8 Å². The van der Waals surface area contributed by atoms with E-state index in [2.05, 4.69) is 29.1 Å². The molecule has 3 atom stereocenters. The van der Waals surface area contributed by atoms with Crippen LogP contribution in [0.1, 0.15) is 45.6 Å². The van der Waals surface area contributed by atoms with Crippen LogP contribution in [0.2, 0.25) is 0 Å². The Balaban J connectivity index is 1.56. The van der Waals surface area contributed by atoms with E-state index in [9.17, 15) is 4.79 Å². The number of hydrogen-bond donors (Lipinski definition) is 0. The third kappa shape index (κ3) is 2.20. The average molecular weight is 344 g/mol. The number of fused-ring (bicyclic) bond motifs is 1. The quantitative estimate of drug-likeness (QED) is 0.731. The van der Waals surface area contributed by atoms with Gasteiger partial charge in [-0.15, -0.1) is 0 Å². The minimum atomic E-state index is 0.0750. The second-order valence-corrected chi connectivity index (χ2v) is 7.32. The number of amides is 1. The first-order valence-corrected chi connectivity index (χ1v) is 8.98. The molecule has 3 heterocycles. The first-order chi connectivity index (χ1) is 12.6. The molecule has 1 aliphatic heterocycles. The van der Waals surface area contributed by atoms with Gasteiger partial charge in [0.25, 0.3) is 5.91 Å². The number of carbonyl (C=O) groups excluding carboxylic acids is 1. The van der Waals surface area contributed by atoms with E-state index >= 15 is 0 Å². The van der Waals surface area contributed by atoms with Crippen LogP contribution in [-0.2, 0) is 0 Å². The largest absolute Gasteiger partial charge is 0.334 e. The predicted octanol–water partition coefficient (Wildman–Crippen LogP) is 3.51. The number of hydrogen-bond acceptors (Lipinski definition) is 3. The van der Waals surface area contributed by atoms with Gasteiger partial charge in [-0.1, -0.05) is 12.1 Å². The van der Waals surface area contributed by atoms with Crippen LogP contribution < -0.4 is 0 Å². The van der Waals surface area contributed by atoms with Crippen molar-refractivity contribution in [2.45, 2.75) is 25.3 Å². The molecule has 0 saturated heterocycles. The van der Waals surface area contributed by atoms with Crippen LogP contribution >= 0.6 is 0 Å². The second kappa shape index (κ2) is 5.53. The molecule has 5 rings (SSSR count). The molecule has 5 heteroatoms. The first-order valence-electron chi connectivity index (χ1n) is 8.98. The van der Waals surface area contributed by atoms with Crippen LogP contribution in [0.3, 0.4) is 0 Å². The van der Waals surface area contributed by atoms with Gasteiger partial charge in [0, 0.05) is 48.4 Å². The molecule has 130 valence electrons. The third-order valence-electron chi connectivity index (χ3n) is 5.66. The number of pyridine rings is 1. The van der Waals surface area contributed by atoms with Crippen molar-refractivity contribution in [3.8, 4) is 5.69 Å². The highest BCUT2D eigenvalue weighted by atomic mass is 16.2. The van der Waals surface area contributed by atoms with Gasteiger partial charge in [0.2, 0.25) is 0 Å². The van der Waals surface area contributed by atoms with Crippen LogP contribution in [-0.4, -0.2) is 32.6 Å².